The van der Waals surface area contributed by atoms with Crippen LogP contribution in [0.4, 0.5) is 0 Å². The number of benzene rings is 1. The van der Waals surface area contributed by atoms with Crippen LogP contribution in [0.15, 0.2) is 16.6 Å². The number of hydrogen-bond acceptors (Lipinski definition) is 3. The van der Waals surface area contributed by atoms with E-state index in [0.29, 0.717) is 17.9 Å². The molecule has 1 rings (SSSR count). The second-order valence-corrected chi connectivity index (χ2v) is 3.85. The summed E-state index contributed by atoms with van der Waals surface area (Å²) in [4.78, 5) is 11.7. The molecule has 0 spiro atoms. The van der Waals surface area contributed by atoms with Gasteiger partial charge in [0, 0.05) is 0 Å². The molecule has 0 heterocycles. The Hall–Kier alpha value is -1.03. The quantitative estimate of drug-likeness (QED) is 0.794. The first-order valence-corrected chi connectivity index (χ1v) is 5.41. The molecule has 0 aromatic heterocycles. The normalized spacial score (nSPS) is 9.87. The molecule has 0 aliphatic heterocycles. The van der Waals surface area contributed by atoms with Crippen molar-refractivity contribution in [1.29, 1.82) is 0 Å². The monoisotopic (exact) mass is 272 g/mol. The van der Waals surface area contributed by atoms with Crippen LogP contribution in [0.2, 0.25) is 0 Å². The number of esters is 1. The third kappa shape index (κ3) is 2.50. The van der Waals surface area contributed by atoms with Crippen LogP contribution in [-0.2, 0) is 4.74 Å². The van der Waals surface area contributed by atoms with Crippen LogP contribution >= 0.6 is 15.9 Å². The highest BCUT2D eigenvalue weighted by Gasteiger charge is 2.18. The van der Waals surface area contributed by atoms with E-state index in [2.05, 4.69) is 15.9 Å². The molecular weight excluding hydrogens is 260 g/mol. The lowest BCUT2D eigenvalue weighted by atomic mass is 10.1. The Labute approximate surface area is 97.5 Å². The van der Waals surface area contributed by atoms with Gasteiger partial charge in [0.1, 0.15) is 11.3 Å². The fourth-order valence-corrected chi connectivity index (χ4v) is 1.80. The van der Waals surface area contributed by atoms with Gasteiger partial charge in [0.05, 0.1) is 18.2 Å². The number of rotatable bonds is 3. The minimum atomic E-state index is -0.354. The second-order valence-electron chi connectivity index (χ2n) is 2.99. The Kier molecular flexibility index (Phi) is 4.15. The van der Waals surface area contributed by atoms with Gasteiger partial charge in [-0.1, -0.05) is 6.07 Å². The van der Waals surface area contributed by atoms with E-state index < -0.39 is 0 Å². The third-order valence-corrected chi connectivity index (χ3v) is 2.63. The summed E-state index contributed by atoms with van der Waals surface area (Å²) in [5.74, 6) is 0.168. The smallest absolute Gasteiger partial charge is 0.342 e. The average molecular weight is 273 g/mol. The van der Waals surface area contributed by atoms with Crippen LogP contribution in [-0.4, -0.2) is 19.7 Å². The largest absolute Gasteiger partial charge is 0.495 e. The summed E-state index contributed by atoms with van der Waals surface area (Å²) in [5, 5.41) is 0. The van der Waals surface area contributed by atoms with Crippen LogP contribution < -0.4 is 4.74 Å². The SMILES string of the molecule is CCOC(=O)c1c(C)ccc(Br)c1OC. The van der Waals surface area contributed by atoms with Gasteiger partial charge in [-0.25, -0.2) is 4.79 Å². The van der Waals surface area contributed by atoms with Gasteiger partial charge in [0.2, 0.25) is 0 Å². The van der Waals surface area contributed by atoms with Crippen LogP contribution in [0.3, 0.4) is 0 Å². The summed E-state index contributed by atoms with van der Waals surface area (Å²) in [7, 11) is 1.53. The highest BCUT2D eigenvalue weighted by atomic mass is 79.9. The lowest BCUT2D eigenvalue weighted by Gasteiger charge is -2.11. The van der Waals surface area contributed by atoms with Crippen LogP contribution in [0.5, 0.6) is 5.75 Å². The molecule has 0 aliphatic rings. The fraction of sp³-hybridized carbons (Fsp3) is 0.364. The molecule has 1 aromatic rings. The van der Waals surface area contributed by atoms with Crippen molar-refractivity contribution < 1.29 is 14.3 Å². The Morgan fingerprint density at radius 2 is 2.13 bits per heavy atom. The van der Waals surface area contributed by atoms with Gasteiger partial charge < -0.3 is 9.47 Å². The molecule has 1 aromatic carbocycles. The molecule has 15 heavy (non-hydrogen) atoms. The number of halogens is 1. The van der Waals surface area contributed by atoms with E-state index in [1.54, 1.807) is 6.92 Å². The van der Waals surface area contributed by atoms with E-state index in [1.165, 1.54) is 7.11 Å². The molecule has 0 saturated carbocycles. The summed E-state index contributed by atoms with van der Waals surface area (Å²) in [6.45, 7) is 3.98. The molecular formula is C11H13BrO3. The summed E-state index contributed by atoms with van der Waals surface area (Å²) in [6.07, 6.45) is 0. The van der Waals surface area contributed by atoms with Crippen molar-refractivity contribution in [1.82, 2.24) is 0 Å². The van der Waals surface area contributed by atoms with Crippen molar-refractivity contribution >= 4 is 21.9 Å². The molecule has 0 aliphatic carbocycles. The molecule has 0 N–H and O–H groups in total. The first kappa shape index (κ1) is 12.0. The molecule has 0 unspecified atom stereocenters. The van der Waals surface area contributed by atoms with Gasteiger partial charge in [0.25, 0.3) is 0 Å². The molecule has 82 valence electrons. The maximum Gasteiger partial charge on any atom is 0.342 e. The van der Waals surface area contributed by atoms with E-state index in [1.807, 2.05) is 19.1 Å². The van der Waals surface area contributed by atoms with Crippen molar-refractivity contribution in [2.45, 2.75) is 13.8 Å². The van der Waals surface area contributed by atoms with E-state index in [-0.39, 0.29) is 5.97 Å². The van der Waals surface area contributed by atoms with Gasteiger partial charge in [-0.15, -0.1) is 0 Å². The number of hydrogen-bond donors (Lipinski definition) is 0. The summed E-state index contributed by atoms with van der Waals surface area (Å²) in [5.41, 5.74) is 1.32. The van der Waals surface area contributed by atoms with Gasteiger partial charge in [0.15, 0.2) is 0 Å². The average Bonchev–Trinajstić information content (AvgIpc) is 2.21. The van der Waals surface area contributed by atoms with Gasteiger partial charge in [-0.05, 0) is 41.4 Å². The number of carbonyl (C=O) groups excluding carboxylic acids is 1. The van der Waals surface area contributed by atoms with Gasteiger partial charge >= 0.3 is 5.97 Å². The fourth-order valence-electron chi connectivity index (χ4n) is 1.31. The Bertz CT molecular complexity index is 374. The molecule has 0 bridgehead atoms. The van der Waals surface area contributed by atoms with Gasteiger partial charge in [-0.2, -0.15) is 0 Å². The summed E-state index contributed by atoms with van der Waals surface area (Å²) < 4.78 is 10.9. The number of carbonyl (C=O) groups is 1. The maximum atomic E-state index is 11.7. The van der Waals surface area contributed by atoms with Crippen LogP contribution in [0.1, 0.15) is 22.8 Å². The predicted molar refractivity (Wildman–Crippen MR) is 61.4 cm³/mol. The molecule has 3 nitrogen and oxygen atoms in total. The third-order valence-electron chi connectivity index (χ3n) is 2.00. The first-order valence-electron chi connectivity index (χ1n) is 4.62. The van der Waals surface area contributed by atoms with Crippen molar-refractivity contribution in [3.05, 3.63) is 27.7 Å². The zero-order chi connectivity index (χ0) is 11.4. The predicted octanol–water partition coefficient (Wildman–Crippen LogP) is 2.94. The molecule has 4 heteroatoms. The Morgan fingerprint density at radius 1 is 1.47 bits per heavy atom. The van der Waals surface area contributed by atoms with Crippen molar-refractivity contribution in [3.63, 3.8) is 0 Å². The zero-order valence-electron chi connectivity index (χ0n) is 8.96. The van der Waals surface area contributed by atoms with Crippen LogP contribution in [0.25, 0.3) is 0 Å². The lowest BCUT2D eigenvalue weighted by Crippen LogP contribution is -2.09. The van der Waals surface area contributed by atoms with E-state index in [9.17, 15) is 4.79 Å². The summed E-state index contributed by atoms with van der Waals surface area (Å²) >= 11 is 3.33. The topological polar surface area (TPSA) is 35.5 Å². The maximum absolute atomic E-state index is 11.7. The first-order chi connectivity index (χ1) is 7.11. The van der Waals surface area contributed by atoms with Gasteiger partial charge in [-0.3, -0.25) is 0 Å². The Morgan fingerprint density at radius 3 is 2.67 bits per heavy atom. The molecule has 0 saturated heterocycles. The molecule has 0 radical (unpaired) electrons. The molecule has 0 amide bonds. The molecule has 0 fully saturated rings. The van der Waals surface area contributed by atoms with E-state index in [0.717, 1.165) is 10.0 Å². The van der Waals surface area contributed by atoms with Crippen molar-refractivity contribution in [2.75, 3.05) is 13.7 Å². The zero-order valence-corrected chi connectivity index (χ0v) is 10.6. The summed E-state index contributed by atoms with van der Waals surface area (Å²) in [6, 6.07) is 3.69. The minimum Gasteiger partial charge on any atom is -0.495 e. The molecule has 0 atom stereocenters. The number of ether oxygens (including phenoxy) is 2. The highest BCUT2D eigenvalue weighted by Crippen LogP contribution is 2.31. The number of aryl methyl sites for hydroxylation is 1. The van der Waals surface area contributed by atoms with Crippen molar-refractivity contribution in [3.8, 4) is 5.75 Å². The lowest BCUT2D eigenvalue weighted by molar-refractivity contribution is 0.0521. The van der Waals surface area contributed by atoms with E-state index >= 15 is 0 Å². The standard InChI is InChI=1S/C11H13BrO3/c1-4-15-11(13)9-7(2)5-6-8(12)10(9)14-3/h5-6H,4H2,1-3H3. The van der Waals surface area contributed by atoms with Crippen molar-refractivity contribution in [2.24, 2.45) is 0 Å². The second kappa shape index (κ2) is 5.16. The Balaban J connectivity index is 3.24. The van der Waals surface area contributed by atoms with Crippen LogP contribution in [0, 0.1) is 6.92 Å². The number of methoxy groups -OCH3 is 1. The van der Waals surface area contributed by atoms with E-state index in [4.69, 9.17) is 9.47 Å². The minimum absolute atomic E-state index is 0.354. The highest BCUT2D eigenvalue weighted by molar-refractivity contribution is 9.10.